The molecule has 0 aromatic heterocycles. The van der Waals surface area contributed by atoms with Crippen LogP contribution in [0.25, 0.3) is 0 Å². The molecule has 72 valence electrons. The zero-order valence-electron chi connectivity index (χ0n) is 6.92. The summed E-state index contributed by atoms with van der Waals surface area (Å²) in [7, 11) is -3.45. The second kappa shape index (κ2) is 4.18. The van der Waals surface area contributed by atoms with Crippen LogP contribution in [0.15, 0.2) is 0 Å². The SMILES string of the molecule is O=S(=O)(CF)CC1CCCCN1. The summed E-state index contributed by atoms with van der Waals surface area (Å²) in [4.78, 5) is 0. The predicted molar refractivity (Wildman–Crippen MR) is 45.4 cm³/mol. The summed E-state index contributed by atoms with van der Waals surface area (Å²) in [6.07, 6.45) is 2.98. The smallest absolute Gasteiger partial charge is 0.190 e. The molecule has 1 N–H and O–H groups in total. The van der Waals surface area contributed by atoms with Crippen molar-refractivity contribution >= 4 is 9.84 Å². The van der Waals surface area contributed by atoms with Gasteiger partial charge in [-0.15, -0.1) is 0 Å². The van der Waals surface area contributed by atoms with Gasteiger partial charge in [0.1, 0.15) is 0 Å². The third-order valence-corrected chi connectivity index (χ3v) is 3.28. The fourth-order valence-electron chi connectivity index (χ4n) is 1.42. The lowest BCUT2D eigenvalue weighted by Crippen LogP contribution is -2.39. The van der Waals surface area contributed by atoms with E-state index < -0.39 is 15.8 Å². The van der Waals surface area contributed by atoms with Crippen LogP contribution in [-0.2, 0) is 9.84 Å². The highest BCUT2D eigenvalue weighted by Crippen LogP contribution is 2.09. The molecule has 0 bridgehead atoms. The van der Waals surface area contributed by atoms with Crippen molar-refractivity contribution in [3.63, 3.8) is 0 Å². The first-order valence-electron chi connectivity index (χ1n) is 4.14. The molecule has 0 spiro atoms. The minimum atomic E-state index is -3.45. The van der Waals surface area contributed by atoms with E-state index in [4.69, 9.17) is 0 Å². The molecule has 1 saturated heterocycles. The van der Waals surface area contributed by atoms with Crippen LogP contribution in [0.1, 0.15) is 19.3 Å². The number of hydrogen-bond donors (Lipinski definition) is 1. The van der Waals surface area contributed by atoms with Gasteiger partial charge in [-0.3, -0.25) is 0 Å². The van der Waals surface area contributed by atoms with Gasteiger partial charge < -0.3 is 5.32 Å². The Morgan fingerprint density at radius 3 is 2.67 bits per heavy atom. The van der Waals surface area contributed by atoms with Crippen molar-refractivity contribution < 1.29 is 12.8 Å². The molecule has 1 unspecified atom stereocenters. The van der Waals surface area contributed by atoms with Crippen LogP contribution < -0.4 is 5.32 Å². The molecule has 3 nitrogen and oxygen atoms in total. The summed E-state index contributed by atoms with van der Waals surface area (Å²) < 4.78 is 33.6. The average molecular weight is 195 g/mol. The van der Waals surface area contributed by atoms with E-state index in [9.17, 15) is 12.8 Å². The second-order valence-corrected chi connectivity index (χ2v) is 5.20. The molecule has 0 radical (unpaired) electrons. The Morgan fingerprint density at radius 2 is 2.17 bits per heavy atom. The van der Waals surface area contributed by atoms with Gasteiger partial charge in [-0.05, 0) is 19.4 Å². The summed E-state index contributed by atoms with van der Waals surface area (Å²) in [5.74, 6) is -0.0521. The van der Waals surface area contributed by atoms with E-state index in [-0.39, 0.29) is 11.8 Å². The van der Waals surface area contributed by atoms with E-state index in [2.05, 4.69) is 5.32 Å². The lowest BCUT2D eigenvalue weighted by Gasteiger charge is -2.22. The van der Waals surface area contributed by atoms with Crippen LogP contribution in [0.4, 0.5) is 4.39 Å². The first-order chi connectivity index (χ1) is 5.64. The molecular weight excluding hydrogens is 181 g/mol. The molecule has 1 atom stereocenters. The van der Waals surface area contributed by atoms with Crippen molar-refractivity contribution in [3.05, 3.63) is 0 Å². The van der Waals surface area contributed by atoms with Gasteiger partial charge in [0.15, 0.2) is 15.8 Å². The van der Waals surface area contributed by atoms with Crippen LogP contribution in [0.3, 0.4) is 0 Å². The molecule has 0 aliphatic carbocycles. The Labute approximate surface area is 72.3 Å². The van der Waals surface area contributed by atoms with Gasteiger partial charge in [0.05, 0.1) is 5.75 Å². The van der Waals surface area contributed by atoms with Crippen LogP contribution in [-0.4, -0.2) is 32.8 Å². The lowest BCUT2D eigenvalue weighted by atomic mass is 10.1. The zero-order chi connectivity index (χ0) is 9.03. The normalized spacial score (nSPS) is 25.6. The van der Waals surface area contributed by atoms with Crippen LogP contribution >= 0.6 is 0 Å². The van der Waals surface area contributed by atoms with Gasteiger partial charge in [-0.2, -0.15) is 0 Å². The Hall–Kier alpha value is -0.160. The van der Waals surface area contributed by atoms with Crippen LogP contribution in [0.2, 0.25) is 0 Å². The second-order valence-electron chi connectivity index (χ2n) is 3.17. The number of nitrogens with one attached hydrogen (secondary N) is 1. The fourth-order valence-corrected chi connectivity index (χ4v) is 2.40. The topological polar surface area (TPSA) is 46.2 Å². The number of halogens is 1. The zero-order valence-corrected chi connectivity index (χ0v) is 7.74. The molecule has 1 rings (SSSR count). The van der Waals surface area contributed by atoms with Crippen LogP contribution in [0.5, 0.6) is 0 Å². The average Bonchev–Trinajstić information content (AvgIpc) is 2.06. The van der Waals surface area contributed by atoms with E-state index in [1.807, 2.05) is 0 Å². The number of hydrogen-bond acceptors (Lipinski definition) is 3. The molecule has 0 saturated carbocycles. The molecular formula is C7H14FNO2S. The van der Waals surface area contributed by atoms with Crippen molar-refractivity contribution in [2.75, 3.05) is 18.3 Å². The monoisotopic (exact) mass is 195 g/mol. The molecule has 1 heterocycles. The molecule has 1 aliphatic rings. The van der Waals surface area contributed by atoms with Gasteiger partial charge >= 0.3 is 0 Å². The van der Waals surface area contributed by atoms with Crippen LogP contribution in [0, 0.1) is 0 Å². The van der Waals surface area contributed by atoms with E-state index >= 15 is 0 Å². The van der Waals surface area contributed by atoms with E-state index in [0.717, 1.165) is 25.8 Å². The van der Waals surface area contributed by atoms with Crippen molar-refractivity contribution in [3.8, 4) is 0 Å². The summed E-state index contributed by atoms with van der Waals surface area (Å²) in [6, 6.07) is -1.26. The molecule has 1 aliphatic heterocycles. The summed E-state index contributed by atoms with van der Waals surface area (Å²) in [6.45, 7) is 0.854. The van der Waals surface area contributed by atoms with E-state index in [1.54, 1.807) is 0 Å². The molecule has 0 aromatic carbocycles. The highest BCUT2D eigenvalue weighted by atomic mass is 32.2. The molecule has 5 heteroatoms. The highest BCUT2D eigenvalue weighted by Gasteiger charge is 2.20. The molecule has 0 aromatic rings. The maximum absolute atomic E-state index is 11.9. The minimum Gasteiger partial charge on any atom is -0.313 e. The summed E-state index contributed by atoms with van der Waals surface area (Å²) in [5.41, 5.74) is 0. The van der Waals surface area contributed by atoms with Crippen molar-refractivity contribution in [1.29, 1.82) is 0 Å². The Morgan fingerprint density at radius 1 is 1.42 bits per heavy atom. The largest absolute Gasteiger partial charge is 0.313 e. The van der Waals surface area contributed by atoms with Gasteiger partial charge in [-0.25, -0.2) is 12.8 Å². The fraction of sp³-hybridized carbons (Fsp3) is 1.00. The number of alkyl halides is 1. The van der Waals surface area contributed by atoms with Gasteiger partial charge in [0, 0.05) is 6.04 Å². The maximum Gasteiger partial charge on any atom is 0.190 e. The number of piperidine rings is 1. The third-order valence-electron chi connectivity index (χ3n) is 2.03. The third kappa shape index (κ3) is 3.06. The van der Waals surface area contributed by atoms with Crippen molar-refractivity contribution in [1.82, 2.24) is 5.32 Å². The maximum atomic E-state index is 11.9. The Balaban J connectivity index is 2.39. The summed E-state index contributed by atoms with van der Waals surface area (Å²) in [5, 5.41) is 3.06. The van der Waals surface area contributed by atoms with Crippen molar-refractivity contribution in [2.24, 2.45) is 0 Å². The highest BCUT2D eigenvalue weighted by molar-refractivity contribution is 7.91. The number of sulfone groups is 1. The standard InChI is InChI=1S/C7H14FNO2S/c8-6-12(10,11)5-7-3-1-2-4-9-7/h7,9H,1-6H2. The lowest BCUT2D eigenvalue weighted by molar-refractivity contribution is 0.421. The van der Waals surface area contributed by atoms with Crippen molar-refractivity contribution in [2.45, 2.75) is 25.3 Å². The van der Waals surface area contributed by atoms with E-state index in [1.165, 1.54) is 0 Å². The number of rotatable bonds is 3. The van der Waals surface area contributed by atoms with Gasteiger partial charge in [0.2, 0.25) is 0 Å². The van der Waals surface area contributed by atoms with Gasteiger partial charge in [0.25, 0.3) is 0 Å². The first kappa shape index (κ1) is 9.92. The van der Waals surface area contributed by atoms with E-state index in [0.29, 0.717) is 0 Å². The Bertz CT molecular complexity index is 222. The summed E-state index contributed by atoms with van der Waals surface area (Å²) >= 11 is 0. The molecule has 0 amide bonds. The Kier molecular flexibility index (Phi) is 3.46. The quantitative estimate of drug-likeness (QED) is 0.712. The molecule has 1 fully saturated rings. The predicted octanol–water partition coefficient (Wildman–Crippen LogP) is 0.470. The molecule has 12 heavy (non-hydrogen) atoms. The van der Waals surface area contributed by atoms with Gasteiger partial charge in [-0.1, -0.05) is 6.42 Å². The first-order valence-corrected chi connectivity index (χ1v) is 5.96. The minimum absolute atomic E-state index is 0.0282.